The van der Waals surface area contributed by atoms with Crippen LogP contribution in [0.5, 0.6) is 0 Å². The maximum Gasteiger partial charge on any atom is 0.196 e. The Kier molecular flexibility index (Phi) is 20.2. The van der Waals surface area contributed by atoms with Crippen LogP contribution in [0.2, 0.25) is 0 Å². The summed E-state index contributed by atoms with van der Waals surface area (Å²) in [5, 5.41) is 47.3. The Bertz CT molecular complexity index is 8390. The minimum Gasteiger partial charge on any atom is -0.314 e. The van der Waals surface area contributed by atoms with E-state index in [9.17, 15) is 21.0 Å². The first-order valence-electron chi connectivity index (χ1n) is 41.7. The first-order valence-corrected chi connectivity index (χ1v) is 41.7. The van der Waals surface area contributed by atoms with Gasteiger partial charge in [0, 0.05) is 93.7 Å². The van der Waals surface area contributed by atoms with Gasteiger partial charge in [-0.2, -0.15) is 21.0 Å². The molecule has 12 nitrogen and oxygen atoms in total. The molecule has 22 aromatic rings. The molecule has 4 aromatic heterocycles. The van der Waals surface area contributed by atoms with Gasteiger partial charge in [0.15, 0.2) is 17.1 Å². The van der Waals surface area contributed by atoms with Crippen LogP contribution in [0.1, 0.15) is 38.9 Å². The second-order valence-electron chi connectivity index (χ2n) is 31.3. The molecule has 0 fully saturated rings. The summed E-state index contributed by atoms with van der Waals surface area (Å²) >= 11 is 0. The average Bonchev–Trinajstić information content (AvgIpc) is 1.56. The summed E-state index contributed by atoms with van der Waals surface area (Å²) in [6.45, 7) is 22.3. The Morgan fingerprint density at radius 3 is 0.969 bits per heavy atom. The lowest BCUT2D eigenvalue weighted by atomic mass is 9.81. The largest absolute Gasteiger partial charge is 0.314 e. The zero-order valence-corrected chi connectivity index (χ0v) is 68.8. The molecule has 12 heteroatoms. The molecule has 0 saturated carbocycles. The van der Waals surface area contributed by atoms with Crippen LogP contribution in [-0.2, 0) is 5.54 Å². The third-order valence-electron chi connectivity index (χ3n) is 24.3. The Balaban J connectivity index is 0.000000108. The van der Waals surface area contributed by atoms with Crippen molar-refractivity contribution in [2.75, 3.05) is 0 Å². The summed E-state index contributed by atoms with van der Waals surface area (Å²) in [6, 6.07) is 148. The summed E-state index contributed by atoms with van der Waals surface area (Å²) in [4.78, 5) is 10.8. The van der Waals surface area contributed by atoms with Crippen LogP contribution in [0.3, 0.4) is 0 Å². The molecule has 18 aromatic carbocycles. The fourth-order valence-electron chi connectivity index (χ4n) is 18.6. The number of hydrogen-bond donors (Lipinski definition) is 1. The molecule has 0 amide bonds. The van der Waals surface area contributed by atoms with E-state index in [1.54, 1.807) is 42.5 Å². The van der Waals surface area contributed by atoms with Gasteiger partial charge in [0.05, 0.1) is 99.2 Å². The van der Waals surface area contributed by atoms with Crippen molar-refractivity contribution < 1.29 is 0 Å². The van der Waals surface area contributed by atoms with Gasteiger partial charge >= 0.3 is 0 Å². The van der Waals surface area contributed by atoms with Crippen LogP contribution in [0.4, 0.5) is 17.1 Å². The fraction of sp³-hybridized carbons (Fsp3) is 0.00862. The highest BCUT2D eigenvalue weighted by atomic mass is 15.0. The van der Waals surface area contributed by atoms with Crippen LogP contribution in [0.15, 0.2) is 413 Å². The fourth-order valence-corrected chi connectivity index (χ4v) is 18.6. The van der Waals surface area contributed by atoms with Crippen LogP contribution in [0.25, 0.3) is 180 Å². The number of benzene rings is 18. The maximum atomic E-state index is 9.64. The van der Waals surface area contributed by atoms with Crippen molar-refractivity contribution in [1.29, 1.82) is 21.0 Å². The maximum absolute atomic E-state index is 9.64. The number of hydrogen-bond acceptors (Lipinski definition) is 5. The molecular weight excluding hydrogens is 1560 g/mol. The molecule has 0 atom stereocenters. The molecule has 1 aliphatic rings. The molecule has 0 unspecified atom stereocenters. The van der Waals surface area contributed by atoms with E-state index in [0.29, 0.717) is 50.4 Å². The van der Waals surface area contributed by atoms with Gasteiger partial charge in [-0.05, 0) is 225 Å². The predicted molar refractivity (Wildman–Crippen MR) is 518 cm³/mol. The third-order valence-corrected chi connectivity index (χ3v) is 24.3. The lowest BCUT2D eigenvalue weighted by molar-refractivity contribution is 0.672. The molecule has 0 aliphatic heterocycles. The van der Waals surface area contributed by atoms with E-state index in [1.165, 1.54) is 32.8 Å². The van der Waals surface area contributed by atoms with E-state index in [2.05, 4.69) is 294 Å². The molecule has 1 aliphatic carbocycles. The number of nitrogens with two attached hydrogens (primary N) is 1. The number of fused-ring (bicyclic) bond motifs is 15. The third kappa shape index (κ3) is 13.6. The summed E-state index contributed by atoms with van der Waals surface area (Å²) < 4.78 is 9.14. The van der Waals surface area contributed by atoms with Crippen molar-refractivity contribution in [1.82, 2.24) is 18.3 Å². The van der Waals surface area contributed by atoms with Crippen molar-refractivity contribution in [3.63, 3.8) is 0 Å². The van der Waals surface area contributed by atoms with Gasteiger partial charge < -0.3 is 24.0 Å². The molecule has 0 spiro atoms. The van der Waals surface area contributed by atoms with Crippen LogP contribution in [-0.4, -0.2) is 18.3 Å². The molecule has 128 heavy (non-hydrogen) atoms. The van der Waals surface area contributed by atoms with Crippen molar-refractivity contribution in [3.8, 4) is 103 Å². The van der Waals surface area contributed by atoms with Gasteiger partial charge in [0.1, 0.15) is 0 Å². The highest BCUT2D eigenvalue weighted by Gasteiger charge is 2.41. The summed E-state index contributed by atoms with van der Waals surface area (Å²) in [5.74, 6) is 0. The van der Waals surface area contributed by atoms with Crippen molar-refractivity contribution in [2.24, 2.45) is 5.73 Å². The van der Waals surface area contributed by atoms with E-state index in [1.807, 2.05) is 133 Å². The lowest BCUT2D eigenvalue weighted by Crippen LogP contribution is -2.37. The van der Waals surface area contributed by atoms with Gasteiger partial charge in [-0.25, -0.2) is 14.5 Å². The van der Waals surface area contributed by atoms with Crippen LogP contribution < -0.4 is 5.73 Å². The van der Waals surface area contributed by atoms with Gasteiger partial charge in [-0.3, -0.25) is 0 Å². The Morgan fingerprint density at radius 1 is 0.242 bits per heavy atom. The molecule has 2 N–H and O–H groups in total. The summed E-state index contributed by atoms with van der Waals surface area (Å²) in [7, 11) is 0. The molecule has 0 bridgehead atoms. The molecule has 0 saturated heterocycles. The molecular formula is C116H70N12. The first-order chi connectivity index (χ1) is 63.1. The summed E-state index contributed by atoms with van der Waals surface area (Å²) in [6.07, 6.45) is 0. The van der Waals surface area contributed by atoms with Gasteiger partial charge in [-0.15, -0.1) is 0 Å². The van der Waals surface area contributed by atoms with E-state index in [4.69, 9.17) is 25.5 Å². The Labute approximate surface area is 738 Å². The zero-order valence-electron chi connectivity index (χ0n) is 68.8. The van der Waals surface area contributed by atoms with Crippen molar-refractivity contribution in [2.45, 2.75) is 5.54 Å². The average molecular weight is 1630 g/mol. The standard InChI is InChI=1S/C37H23N3.C27H17N3.2C26H15N3/c38-24-25-15-18-35-31(21-25)33-23-27(17-20-37(33)40(35)29-11-5-2-6-12-29)26-16-19-36-32(22-26)30-13-7-8-14-34(30)39(36)28-9-3-1-4-10-28;1-30-25-12-6-7-19(17-28)26(25)18-13-15-20(16-14-18)27(29)23-10-4-2-8-21(23)22-9-3-5-11-24(22)27;1-28-23-12-7-8-19(17-27)26(23)18-14-15-25-22(16-18)21-11-5-6-13-24(21)29(25)20-9-3-2-4-10-20;1-28-21-14-18(17-27)13-20(15-21)19-11-12-26-24(16-19)23-9-5-6-10-25(23)29(26)22-7-3-2-4-8-22/h1-23H;2-16H,29H2;2*2-16H. The minimum absolute atomic E-state index is 0.473. The molecule has 0 radical (unpaired) electrons. The molecule has 4 heterocycles. The Hall–Kier alpha value is -18.5. The van der Waals surface area contributed by atoms with Crippen molar-refractivity contribution >= 4 is 104 Å². The zero-order chi connectivity index (χ0) is 86.9. The second kappa shape index (κ2) is 33.2. The predicted octanol–water partition coefficient (Wildman–Crippen LogP) is 29.2. The van der Waals surface area contributed by atoms with Crippen molar-refractivity contribution in [3.05, 3.63) is 486 Å². The van der Waals surface area contributed by atoms with E-state index in [0.717, 1.165) is 138 Å². The highest BCUT2D eigenvalue weighted by molar-refractivity contribution is 6.15. The smallest absolute Gasteiger partial charge is 0.196 e. The topological polar surface area (TPSA) is 154 Å². The molecule has 594 valence electrons. The van der Waals surface area contributed by atoms with Gasteiger partial charge in [0.25, 0.3) is 0 Å². The minimum atomic E-state index is -0.747. The second-order valence-corrected chi connectivity index (χ2v) is 31.3. The highest BCUT2D eigenvalue weighted by Crippen LogP contribution is 2.51. The number of para-hydroxylation sites is 7. The monoisotopic (exact) mass is 1630 g/mol. The van der Waals surface area contributed by atoms with E-state index >= 15 is 0 Å². The number of nitriles is 4. The van der Waals surface area contributed by atoms with Crippen LogP contribution in [0, 0.1) is 65.0 Å². The summed E-state index contributed by atoms with van der Waals surface area (Å²) in [5.41, 5.74) is 36.3. The van der Waals surface area contributed by atoms with E-state index in [-0.39, 0.29) is 0 Å². The number of rotatable bonds is 9. The SMILES string of the molecule is N#Cc1ccc2c(c1)c1cc(-c3ccc4c(c3)c3ccccc3n4-c3ccccc3)ccc1n2-c1ccccc1.[C-]#[N+]c1cc(C#N)cc(-c2ccc3c(c2)c2ccccc2n3-c2ccccc2)c1.[C-]#[N+]c1cccc(C#N)c1-c1ccc(C2(N)c3ccccc3-c3ccccc32)cc1.[C-]#[N+]c1cccc(C#N)c1-c1ccc2c(c1)c1ccccc1n2-c1ccccc1. The number of aromatic nitrogens is 4. The van der Waals surface area contributed by atoms with Gasteiger partial charge in [0.2, 0.25) is 0 Å². The first kappa shape index (κ1) is 78.1. The number of nitrogens with zero attached hydrogens (tertiary/aromatic N) is 11. The normalized spacial score (nSPS) is 11.5. The Morgan fingerprint density at radius 2 is 0.570 bits per heavy atom. The van der Waals surface area contributed by atoms with E-state index < -0.39 is 5.54 Å². The lowest BCUT2D eigenvalue weighted by Gasteiger charge is -2.28. The molecule has 23 rings (SSSR count). The van der Waals surface area contributed by atoms with Gasteiger partial charge in [-0.1, -0.05) is 249 Å². The van der Waals surface area contributed by atoms with Crippen LogP contribution >= 0.6 is 0 Å². The quantitative estimate of drug-likeness (QED) is 0.143.